The maximum absolute atomic E-state index is 12.8. The maximum atomic E-state index is 12.8. The third-order valence-corrected chi connectivity index (χ3v) is 5.07. The van der Waals surface area contributed by atoms with E-state index in [4.69, 9.17) is 0 Å². The lowest BCUT2D eigenvalue weighted by molar-refractivity contribution is -0.139. The van der Waals surface area contributed by atoms with Gasteiger partial charge in [-0.05, 0) is 36.1 Å². The first-order valence-corrected chi connectivity index (χ1v) is 8.14. The van der Waals surface area contributed by atoms with Gasteiger partial charge < -0.3 is 5.11 Å². The summed E-state index contributed by atoms with van der Waals surface area (Å²) < 4.78 is 37.0. The van der Waals surface area contributed by atoms with E-state index in [1.807, 2.05) is 0 Å². The zero-order valence-electron chi connectivity index (χ0n) is 12.9. The SMILES string of the molecule is O=C1NN(c2cccc(C(F)(F)F)c2)C(=O)C1=CC1(C(=O)O)CC=CS1. The van der Waals surface area contributed by atoms with Crippen LogP contribution in [-0.2, 0) is 20.6 Å². The highest BCUT2D eigenvalue weighted by Crippen LogP contribution is 2.40. The number of alkyl halides is 3. The molecule has 0 aromatic heterocycles. The van der Waals surface area contributed by atoms with Crippen LogP contribution >= 0.6 is 11.8 Å². The minimum Gasteiger partial charge on any atom is -0.480 e. The fourth-order valence-electron chi connectivity index (χ4n) is 2.53. The van der Waals surface area contributed by atoms with Gasteiger partial charge in [-0.15, -0.1) is 11.8 Å². The molecule has 1 saturated heterocycles. The second kappa shape index (κ2) is 6.20. The van der Waals surface area contributed by atoms with Gasteiger partial charge in [-0.2, -0.15) is 13.2 Å². The minimum absolute atomic E-state index is 0.0839. The number of aliphatic carboxylic acids is 1. The van der Waals surface area contributed by atoms with E-state index in [2.05, 4.69) is 5.43 Å². The molecular formula is C16H11F3N2O4S. The van der Waals surface area contributed by atoms with Crippen molar-refractivity contribution in [1.29, 1.82) is 0 Å². The van der Waals surface area contributed by atoms with Crippen molar-refractivity contribution < 1.29 is 32.7 Å². The molecule has 0 aliphatic carbocycles. The van der Waals surface area contributed by atoms with Crippen LogP contribution in [0.4, 0.5) is 18.9 Å². The van der Waals surface area contributed by atoms with E-state index in [-0.39, 0.29) is 12.1 Å². The summed E-state index contributed by atoms with van der Waals surface area (Å²) in [5.41, 5.74) is 0.579. The summed E-state index contributed by atoms with van der Waals surface area (Å²) in [6.07, 6.45) is -1.88. The quantitative estimate of drug-likeness (QED) is 0.618. The molecule has 0 bridgehead atoms. The molecule has 6 nitrogen and oxygen atoms in total. The Morgan fingerprint density at radius 3 is 2.65 bits per heavy atom. The van der Waals surface area contributed by atoms with E-state index in [0.29, 0.717) is 5.01 Å². The normalized spacial score (nSPS) is 24.4. The Labute approximate surface area is 149 Å². The molecule has 3 rings (SSSR count). The van der Waals surface area contributed by atoms with Crippen LogP contribution in [0.5, 0.6) is 0 Å². The number of thioether (sulfide) groups is 1. The van der Waals surface area contributed by atoms with E-state index in [0.717, 1.165) is 36.0 Å². The zero-order valence-corrected chi connectivity index (χ0v) is 13.7. The molecule has 1 fully saturated rings. The number of carboxylic acids is 1. The van der Waals surface area contributed by atoms with Gasteiger partial charge in [0, 0.05) is 0 Å². The summed E-state index contributed by atoms with van der Waals surface area (Å²) in [4.78, 5) is 36.2. The molecule has 10 heteroatoms. The van der Waals surface area contributed by atoms with Crippen LogP contribution in [-0.4, -0.2) is 27.6 Å². The monoisotopic (exact) mass is 384 g/mol. The van der Waals surface area contributed by atoms with Crippen molar-refractivity contribution in [3.8, 4) is 0 Å². The van der Waals surface area contributed by atoms with Gasteiger partial charge in [0.25, 0.3) is 11.8 Å². The average molecular weight is 384 g/mol. The van der Waals surface area contributed by atoms with Crippen LogP contribution in [0.25, 0.3) is 0 Å². The zero-order chi connectivity index (χ0) is 19.1. The topological polar surface area (TPSA) is 86.7 Å². The van der Waals surface area contributed by atoms with Crippen molar-refractivity contribution in [2.24, 2.45) is 0 Å². The number of nitrogens with one attached hydrogen (secondary N) is 1. The molecular weight excluding hydrogens is 373 g/mol. The van der Waals surface area contributed by atoms with Gasteiger partial charge >= 0.3 is 12.1 Å². The maximum Gasteiger partial charge on any atom is 0.416 e. The number of hydrogen-bond acceptors (Lipinski definition) is 4. The van der Waals surface area contributed by atoms with Gasteiger partial charge in [0.1, 0.15) is 10.3 Å². The number of amides is 2. The molecule has 2 N–H and O–H groups in total. The van der Waals surface area contributed by atoms with Crippen molar-refractivity contribution >= 4 is 35.2 Å². The molecule has 2 amide bonds. The Bertz CT molecular complexity index is 855. The van der Waals surface area contributed by atoms with Gasteiger partial charge in [0.2, 0.25) is 0 Å². The summed E-state index contributed by atoms with van der Waals surface area (Å²) >= 11 is 0.936. The predicted octanol–water partition coefficient (Wildman–Crippen LogP) is 2.48. The summed E-state index contributed by atoms with van der Waals surface area (Å²) in [7, 11) is 0. The predicted molar refractivity (Wildman–Crippen MR) is 86.9 cm³/mol. The smallest absolute Gasteiger partial charge is 0.416 e. The van der Waals surface area contributed by atoms with Crippen molar-refractivity contribution in [2.45, 2.75) is 17.3 Å². The standard InChI is InChI=1S/C16H11F3N2O4S/c17-16(18,19)9-3-1-4-10(7-9)21-13(23)11(12(22)20-21)8-15(14(24)25)5-2-6-26-15/h1-4,6-8H,5H2,(H,20,22)(H,24,25). The van der Waals surface area contributed by atoms with Crippen LogP contribution in [0.3, 0.4) is 0 Å². The summed E-state index contributed by atoms with van der Waals surface area (Å²) in [6.45, 7) is 0. The fraction of sp³-hybridized carbons (Fsp3) is 0.188. The largest absolute Gasteiger partial charge is 0.480 e. The second-order valence-corrected chi connectivity index (χ2v) is 6.81. The van der Waals surface area contributed by atoms with Gasteiger partial charge in [0.15, 0.2) is 0 Å². The molecule has 2 aliphatic rings. The first-order chi connectivity index (χ1) is 12.1. The van der Waals surface area contributed by atoms with Crippen molar-refractivity contribution in [2.75, 3.05) is 5.01 Å². The molecule has 0 radical (unpaired) electrons. The number of rotatable bonds is 3. The number of benzene rings is 1. The summed E-state index contributed by atoms with van der Waals surface area (Å²) in [5, 5.41) is 11.6. The highest BCUT2D eigenvalue weighted by molar-refractivity contribution is 8.04. The average Bonchev–Trinajstić information content (AvgIpc) is 3.15. The first kappa shape index (κ1) is 18.1. The Morgan fingerprint density at radius 2 is 2.08 bits per heavy atom. The van der Waals surface area contributed by atoms with Crippen molar-refractivity contribution in [3.63, 3.8) is 0 Å². The fourth-order valence-corrected chi connectivity index (χ4v) is 3.44. The van der Waals surface area contributed by atoms with E-state index < -0.39 is 39.8 Å². The molecule has 0 spiro atoms. The van der Waals surface area contributed by atoms with Gasteiger partial charge in [0.05, 0.1) is 11.3 Å². The molecule has 0 saturated carbocycles. The number of nitrogens with zero attached hydrogens (tertiary/aromatic N) is 1. The molecule has 1 atom stereocenters. The van der Waals surface area contributed by atoms with Crippen LogP contribution in [0.2, 0.25) is 0 Å². The summed E-state index contributed by atoms with van der Waals surface area (Å²) in [6, 6.07) is 3.90. The van der Waals surface area contributed by atoms with Gasteiger partial charge in [-0.25, -0.2) is 5.01 Å². The molecule has 26 heavy (non-hydrogen) atoms. The number of anilines is 1. The minimum atomic E-state index is -4.61. The summed E-state index contributed by atoms with van der Waals surface area (Å²) in [5.74, 6) is -3.01. The molecule has 1 unspecified atom stereocenters. The Hall–Kier alpha value is -2.75. The Balaban J connectivity index is 1.95. The van der Waals surface area contributed by atoms with Crippen molar-refractivity contribution in [3.05, 3.63) is 53.0 Å². The number of carbonyl (C=O) groups excluding carboxylic acids is 2. The molecule has 1 aromatic carbocycles. The van der Waals surface area contributed by atoms with E-state index in [1.54, 1.807) is 11.5 Å². The molecule has 136 valence electrons. The third-order valence-electron chi connectivity index (χ3n) is 3.86. The van der Waals surface area contributed by atoms with Crippen LogP contribution in [0.15, 0.2) is 47.4 Å². The van der Waals surface area contributed by atoms with E-state index >= 15 is 0 Å². The molecule has 1 aromatic rings. The number of allylic oxidation sites excluding steroid dienone is 1. The van der Waals surface area contributed by atoms with Gasteiger partial charge in [-0.3, -0.25) is 19.8 Å². The Kier molecular flexibility index (Phi) is 4.31. The number of carbonyl (C=O) groups is 3. The number of halogens is 3. The lowest BCUT2D eigenvalue weighted by atomic mass is 10.0. The van der Waals surface area contributed by atoms with Crippen LogP contribution in [0, 0.1) is 0 Å². The Morgan fingerprint density at radius 1 is 1.35 bits per heavy atom. The molecule has 2 heterocycles. The number of hydrogen-bond donors (Lipinski definition) is 2. The van der Waals surface area contributed by atoms with Gasteiger partial charge in [-0.1, -0.05) is 12.1 Å². The van der Waals surface area contributed by atoms with E-state index in [9.17, 15) is 32.7 Å². The number of carboxylic acid groups (broad SMARTS) is 1. The van der Waals surface area contributed by atoms with Crippen molar-refractivity contribution in [1.82, 2.24) is 5.43 Å². The van der Waals surface area contributed by atoms with Crippen LogP contribution < -0.4 is 10.4 Å². The third kappa shape index (κ3) is 3.07. The lowest BCUT2D eigenvalue weighted by Gasteiger charge is -2.19. The van der Waals surface area contributed by atoms with Crippen LogP contribution in [0.1, 0.15) is 12.0 Å². The molecule has 2 aliphatic heterocycles. The highest BCUT2D eigenvalue weighted by atomic mass is 32.2. The number of hydrazine groups is 1. The van der Waals surface area contributed by atoms with E-state index in [1.165, 1.54) is 6.07 Å². The lowest BCUT2D eigenvalue weighted by Crippen LogP contribution is -2.36. The second-order valence-electron chi connectivity index (χ2n) is 5.58. The highest BCUT2D eigenvalue weighted by Gasteiger charge is 2.44. The first-order valence-electron chi connectivity index (χ1n) is 7.26.